The predicted octanol–water partition coefficient (Wildman–Crippen LogP) is -0.0666. The van der Waals surface area contributed by atoms with Crippen LogP contribution in [0.4, 0.5) is 0 Å². The SMILES string of the molecule is O=S(=O)(O)C[C@@H](O)CN[C@H]1CC=CCC1. The average Bonchev–Trinajstić information content (AvgIpc) is 2.14. The molecule has 15 heavy (non-hydrogen) atoms. The zero-order valence-electron chi connectivity index (χ0n) is 8.46. The molecule has 0 heterocycles. The summed E-state index contributed by atoms with van der Waals surface area (Å²) in [4.78, 5) is 0. The van der Waals surface area contributed by atoms with Crippen molar-refractivity contribution in [3.05, 3.63) is 12.2 Å². The Morgan fingerprint density at radius 3 is 2.73 bits per heavy atom. The van der Waals surface area contributed by atoms with Gasteiger partial charge in [0.2, 0.25) is 0 Å². The molecule has 5 nitrogen and oxygen atoms in total. The van der Waals surface area contributed by atoms with Crippen LogP contribution in [0, 0.1) is 0 Å². The van der Waals surface area contributed by atoms with Crippen molar-refractivity contribution in [2.24, 2.45) is 0 Å². The molecular weight excluding hydrogens is 218 g/mol. The highest BCUT2D eigenvalue weighted by molar-refractivity contribution is 7.85. The van der Waals surface area contributed by atoms with Gasteiger partial charge in [-0.05, 0) is 19.3 Å². The molecule has 0 aromatic heterocycles. The van der Waals surface area contributed by atoms with Crippen molar-refractivity contribution in [2.75, 3.05) is 12.3 Å². The molecule has 1 aliphatic rings. The van der Waals surface area contributed by atoms with Crippen LogP contribution in [0.5, 0.6) is 0 Å². The second-order valence-corrected chi connectivity index (χ2v) is 5.29. The number of nitrogens with one attached hydrogen (secondary N) is 1. The molecule has 0 saturated carbocycles. The molecule has 0 saturated heterocycles. The van der Waals surface area contributed by atoms with Gasteiger partial charge in [0.05, 0.1) is 6.10 Å². The number of hydrogen-bond donors (Lipinski definition) is 3. The molecule has 0 radical (unpaired) electrons. The van der Waals surface area contributed by atoms with E-state index in [-0.39, 0.29) is 6.54 Å². The van der Waals surface area contributed by atoms with Gasteiger partial charge in [-0.25, -0.2) is 0 Å². The van der Waals surface area contributed by atoms with Crippen LogP contribution < -0.4 is 5.32 Å². The van der Waals surface area contributed by atoms with E-state index in [1.807, 2.05) is 0 Å². The number of allylic oxidation sites excluding steroid dienone is 1. The number of hydrogen-bond acceptors (Lipinski definition) is 4. The first-order chi connectivity index (χ1) is 6.97. The van der Waals surface area contributed by atoms with E-state index in [4.69, 9.17) is 4.55 Å². The van der Waals surface area contributed by atoms with E-state index >= 15 is 0 Å². The van der Waals surface area contributed by atoms with Gasteiger partial charge in [-0.15, -0.1) is 0 Å². The molecule has 0 aromatic rings. The summed E-state index contributed by atoms with van der Waals surface area (Å²) in [7, 11) is -4.08. The molecule has 2 atom stereocenters. The van der Waals surface area contributed by atoms with Crippen LogP contribution >= 0.6 is 0 Å². The van der Waals surface area contributed by atoms with E-state index in [0.29, 0.717) is 6.04 Å². The Labute approximate surface area is 89.9 Å². The van der Waals surface area contributed by atoms with Gasteiger partial charge in [-0.1, -0.05) is 12.2 Å². The Hall–Kier alpha value is -0.430. The lowest BCUT2D eigenvalue weighted by Crippen LogP contribution is -2.38. The third-order valence-electron chi connectivity index (χ3n) is 2.31. The number of rotatable bonds is 5. The molecule has 0 amide bonds. The zero-order valence-corrected chi connectivity index (χ0v) is 9.28. The van der Waals surface area contributed by atoms with Crippen molar-refractivity contribution in [3.63, 3.8) is 0 Å². The number of aliphatic hydroxyl groups excluding tert-OH is 1. The van der Waals surface area contributed by atoms with Crippen molar-refractivity contribution in [1.29, 1.82) is 0 Å². The van der Waals surface area contributed by atoms with Crippen LogP contribution in [0.2, 0.25) is 0 Å². The summed E-state index contributed by atoms with van der Waals surface area (Å²) in [5.74, 6) is -0.609. The lowest BCUT2D eigenvalue weighted by atomic mass is 10.0. The maximum absolute atomic E-state index is 10.4. The van der Waals surface area contributed by atoms with E-state index in [9.17, 15) is 13.5 Å². The predicted molar refractivity (Wildman–Crippen MR) is 57.2 cm³/mol. The lowest BCUT2D eigenvalue weighted by Gasteiger charge is -2.20. The van der Waals surface area contributed by atoms with Gasteiger partial charge in [0.1, 0.15) is 5.75 Å². The summed E-state index contributed by atoms with van der Waals surface area (Å²) >= 11 is 0. The Balaban J connectivity index is 2.21. The van der Waals surface area contributed by atoms with Gasteiger partial charge in [0.15, 0.2) is 0 Å². The largest absolute Gasteiger partial charge is 0.391 e. The molecule has 0 aromatic carbocycles. The van der Waals surface area contributed by atoms with E-state index < -0.39 is 22.0 Å². The summed E-state index contributed by atoms with van der Waals surface area (Å²) in [6.07, 6.45) is 6.02. The van der Waals surface area contributed by atoms with Crippen LogP contribution in [0.25, 0.3) is 0 Å². The Bertz CT molecular complexity index is 312. The van der Waals surface area contributed by atoms with Crippen LogP contribution in [-0.4, -0.2) is 42.5 Å². The Morgan fingerprint density at radius 2 is 2.20 bits per heavy atom. The van der Waals surface area contributed by atoms with Crippen LogP contribution in [0.3, 0.4) is 0 Å². The summed E-state index contributed by atoms with van der Waals surface area (Å²) < 4.78 is 29.4. The first-order valence-corrected chi connectivity index (χ1v) is 6.60. The third-order valence-corrected chi connectivity index (χ3v) is 3.12. The molecule has 0 spiro atoms. The molecule has 0 aliphatic heterocycles. The summed E-state index contributed by atoms with van der Waals surface area (Å²) in [6.45, 7) is 0.193. The molecular formula is C9H17NO4S. The van der Waals surface area contributed by atoms with Crippen LogP contribution in [-0.2, 0) is 10.1 Å². The van der Waals surface area contributed by atoms with E-state index in [1.54, 1.807) is 0 Å². The Kier molecular flexibility index (Phi) is 4.72. The highest BCUT2D eigenvalue weighted by Gasteiger charge is 2.16. The van der Waals surface area contributed by atoms with Gasteiger partial charge in [0, 0.05) is 12.6 Å². The maximum Gasteiger partial charge on any atom is 0.267 e. The minimum Gasteiger partial charge on any atom is -0.391 e. The standard InChI is InChI=1S/C9H17NO4S/c11-9(7-15(12,13)14)6-10-8-4-2-1-3-5-8/h1-2,8-11H,3-7H2,(H,12,13,14)/t8-,9-/m0/s1. The fourth-order valence-electron chi connectivity index (χ4n) is 1.58. The van der Waals surface area contributed by atoms with Crippen LogP contribution in [0.15, 0.2) is 12.2 Å². The van der Waals surface area contributed by atoms with Gasteiger partial charge < -0.3 is 10.4 Å². The van der Waals surface area contributed by atoms with Gasteiger partial charge in [-0.2, -0.15) is 8.42 Å². The van der Waals surface area contributed by atoms with Crippen molar-refractivity contribution in [2.45, 2.75) is 31.4 Å². The molecule has 88 valence electrons. The zero-order chi connectivity index (χ0) is 11.3. The smallest absolute Gasteiger partial charge is 0.267 e. The van der Waals surface area contributed by atoms with Gasteiger partial charge >= 0.3 is 0 Å². The second-order valence-electron chi connectivity index (χ2n) is 3.79. The molecule has 1 rings (SSSR count). The molecule has 1 aliphatic carbocycles. The second kappa shape index (κ2) is 5.60. The molecule has 0 bridgehead atoms. The topological polar surface area (TPSA) is 86.6 Å². The quantitative estimate of drug-likeness (QED) is 0.459. The molecule has 0 unspecified atom stereocenters. The van der Waals surface area contributed by atoms with Crippen molar-refractivity contribution < 1.29 is 18.1 Å². The highest BCUT2D eigenvalue weighted by atomic mass is 32.2. The molecule has 0 fully saturated rings. The van der Waals surface area contributed by atoms with Crippen LogP contribution in [0.1, 0.15) is 19.3 Å². The van der Waals surface area contributed by atoms with Gasteiger partial charge in [-0.3, -0.25) is 4.55 Å². The lowest BCUT2D eigenvalue weighted by molar-refractivity contribution is 0.185. The first-order valence-electron chi connectivity index (χ1n) is 4.99. The van der Waals surface area contributed by atoms with E-state index in [2.05, 4.69) is 17.5 Å². The average molecular weight is 235 g/mol. The molecule has 6 heteroatoms. The summed E-state index contributed by atoms with van der Waals surface area (Å²) in [5, 5.41) is 12.4. The maximum atomic E-state index is 10.4. The number of aliphatic hydroxyl groups is 1. The van der Waals surface area contributed by atoms with Crippen molar-refractivity contribution in [3.8, 4) is 0 Å². The minimum atomic E-state index is -4.08. The van der Waals surface area contributed by atoms with Crippen molar-refractivity contribution >= 4 is 10.1 Å². The monoisotopic (exact) mass is 235 g/mol. The first kappa shape index (κ1) is 12.6. The van der Waals surface area contributed by atoms with E-state index in [0.717, 1.165) is 19.3 Å². The molecule has 3 N–H and O–H groups in total. The fraction of sp³-hybridized carbons (Fsp3) is 0.778. The fourth-order valence-corrected chi connectivity index (χ4v) is 2.19. The highest BCUT2D eigenvalue weighted by Crippen LogP contribution is 2.10. The Morgan fingerprint density at radius 1 is 1.47 bits per heavy atom. The third kappa shape index (κ3) is 5.88. The van der Waals surface area contributed by atoms with Crippen molar-refractivity contribution in [1.82, 2.24) is 5.32 Å². The summed E-state index contributed by atoms with van der Waals surface area (Å²) in [6, 6.07) is 0.297. The van der Waals surface area contributed by atoms with E-state index in [1.165, 1.54) is 0 Å². The summed E-state index contributed by atoms with van der Waals surface area (Å²) in [5.41, 5.74) is 0. The minimum absolute atomic E-state index is 0.193. The van der Waals surface area contributed by atoms with Gasteiger partial charge in [0.25, 0.3) is 10.1 Å². The normalized spacial score (nSPS) is 24.0.